The van der Waals surface area contributed by atoms with Gasteiger partial charge in [-0.3, -0.25) is 5.10 Å². The van der Waals surface area contributed by atoms with E-state index in [9.17, 15) is 9.65 Å². The number of ether oxygens (including phenoxy) is 1. The highest BCUT2D eigenvalue weighted by atomic mass is 79.9. The fourth-order valence-corrected chi connectivity index (χ4v) is 3.78. The number of allylic oxidation sites excluding steroid dienone is 1. The Morgan fingerprint density at radius 2 is 2.00 bits per heavy atom. The van der Waals surface area contributed by atoms with Crippen molar-refractivity contribution in [2.75, 3.05) is 0 Å². The third-order valence-electron chi connectivity index (χ3n) is 5.01. The Balaban J connectivity index is 1.96. The Morgan fingerprint density at radius 3 is 2.68 bits per heavy atom. The van der Waals surface area contributed by atoms with Crippen LogP contribution >= 0.6 is 15.9 Å². The quantitative estimate of drug-likeness (QED) is 0.600. The molecule has 0 saturated carbocycles. The molecule has 0 aliphatic carbocycles. The van der Waals surface area contributed by atoms with Gasteiger partial charge in [-0.05, 0) is 64.7 Å². The zero-order valence-corrected chi connectivity index (χ0v) is 16.8. The Labute approximate surface area is 169 Å². The van der Waals surface area contributed by atoms with Gasteiger partial charge in [-0.2, -0.15) is 5.26 Å². The van der Waals surface area contributed by atoms with Crippen LogP contribution in [0.25, 0.3) is 11.3 Å². The summed E-state index contributed by atoms with van der Waals surface area (Å²) in [4.78, 5) is 0. The molecule has 0 saturated heterocycles. The third-order valence-corrected chi connectivity index (χ3v) is 5.62. The van der Waals surface area contributed by atoms with Crippen molar-refractivity contribution in [3.05, 3.63) is 80.4 Å². The molecule has 0 bridgehead atoms. The van der Waals surface area contributed by atoms with Gasteiger partial charge < -0.3 is 10.5 Å². The van der Waals surface area contributed by atoms with Gasteiger partial charge >= 0.3 is 0 Å². The van der Waals surface area contributed by atoms with Gasteiger partial charge in [0.15, 0.2) is 0 Å². The number of hydrogen-bond donors (Lipinski definition) is 2. The molecule has 1 aromatic heterocycles. The van der Waals surface area contributed by atoms with E-state index in [-0.39, 0.29) is 17.3 Å². The summed E-state index contributed by atoms with van der Waals surface area (Å²) in [5.74, 6) is -0.595. The molecule has 0 unspecified atom stereocenters. The van der Waals surface area contributed by atoms with Gasteiger partial charge in [0.2, 0.25) is 11.8 Å². The van der Waals surface area contributed by atoms with E-state index in [1.54, 1.807) is 12.1 Å². The summed E-state index contributed by atoms with van der Waals surface area (Å²) in [6, 6.07) is 12.9. The van der Waals surface area contributed by atoms with Crippen LogP contribution in [0.2, 0.25) is 0 Å². The summed E-state index contributed by atoms with van der Waals surface area (Å²) >= 11 is 3.22. The van der Waals surface area contributed by atoms with Crippen LogP contribution in [-0.2, 0) is 0 Å². The molecule has 0 radical (unpaired) electrons. The number of aryl methyl sites for hydroxylation is 2. The summed E-state index contributed by atoms with van der Waals surface area (Å²) in [7, 11) is 0. The molecule has 7 heteroatoms. The Bertz CT molecular complexity index is 1180. The van der Waals surface area contributed by atoms with Crippen LogP contribution in [0, 0.1) is 31.0 Å². The number of rotatable bonds is 2. The fourth-order valence-electron chi connectivity index (χ4n) is 3.39. The van der Waals surface area contributed by atoms with E-state index >= 15 is 0 Å². The van der Waals surface area contributed by atoms with Gasteiger partial charge in [-0.1, -0.05) is 18.2 Å². The van der Waals surface area contributed by atoms with Gasteiger partial charge in [-0.15, -0.1) is 5.10 Å². The molecule has 1 aliphatic rings. The second-order valence-corrected chi connectivity index (χ2v) is 7.57. The van der Waals surface area contributed by atoms with E-state index in [1.165, 1.54) is 11.6 Å². The van der Waals surface area contributed by atoms with Crippen LogP contribution in [0.3, 0.4) is 0 Å². The lowest BCUT2D eigenvalue weighted by Crippen LogP contribution is -2.21. The van der Waals surface area contributed by atoms with E-state index < -0.39 is 5.92 Å². The van der Waals surface area contributed by atoms with E-state index in [2.05, 4.69) is 38.3 Å². The van der Waals surface area contributed by atoms with Gasteiger partial charge in [0, 0.05) is 5.56 Å². The van der Waals surface area contributed by atoms with E-state index in [1.807, 2.05) is 26.0 Å². The molecule has 0 amide bonds. The Morgan fingerprint density at radius 1 is 1.21 bits per heavy atom. The van der Waals surface area contributed by atoms with Crippen LogP contribution < -0.4 is 10.5 Å². The van der Waals surface area contributed by atoms with Crippen molar-refractivity contribution in [1.29, 1.82) is 5.26 Å². The molecule has 2 heterocycles. The van der Waals surface area contributed by atoms with Gasteiger partial charge in [-0.25, -0.2) is 4.39 Å². The third kappa shape index (κ3) is 2.86. The van der Waals surface area contributed by atoms with Gasteiger partial charge in [0.25, 0.3) is 0 Å². The molecule has 3 N–H and O–H groups in total. The minimum absolute atomic E-state index is 0.00131. The lowest BCUT2D eigenvalue weighted by Gasteiger charge is -2.24. The minimum atomic E-state index is -0.527. The second-order valence-electron chi connectivity index (χ2n) is 6.71. The SMILES string of the molecule is Cc1ccc(-c2[nH]nc3c2[C@@H](c2ccc(F)c(Br)c2)C(C#N)=C(N)O3)cc1C. The number of fused-ring (bicyclic) bond motifs is 1. The smallest absolute Gasteiger partial charge is 0.244 e. The number of hydrogen-bond acceptors (Lipinski definition) is 4. The van der Waals surface area contributed by atoms with Crippen molar-refractivity contribution in [1.82, 2.24) is 10.2 Å². The number of H-pyrrole nitrogens is 1. The zero-order chi connectivity index (χ0) is 20.0. The van der Waals surface area contributed by atoms with Crippen molar-refractivity contribution < 1.29 is 9.13 Å². The predicted octanol–water partition coefficient (Wildman–Crippen LogP) is 4.81. The van der Waals surface area contributed by atoms with E-state index in [0.29, 0.717) is 21.5 Å². The first-order valence-corrected chi connectivity index (χ1v) is 9.38. The second kappa shape index (κ2) is 6.80. The summed E-state index contributed by atoms with van der Waals surface area (Å²) in [5.41, 5.74) is 11.6. The Kier molecular flexibility index (Phi) is 4.44. The molecule has 1 aliphatic heterocycles. The number of aromatic amines is 1. The van der Waals surface area contributed by atoms with Crippen LogP contribution in [0.1, 0.15) is 28.2 Å². The summed E-state index contributed by atoms with van der Waals surface area (Å²) in [5, 5.41) is 17.0. The molecule has 4 rings (SSSR count). The number of aromatic nitrogens is 2. The van der Waals surface area contributed by atoms with Crippen LogP contribution in [0.15, 0.2) is 52.3 Å². The normalized spacial score (nSPS) is 15.8. The average Bonchev–Trinajstić information content (AvgIpc) is 3.08. The summed E-state index contributed by atoms with van der Waals surface area (Å²) in [6.07, 6.45) is 0. The number of nitriles is 1. The first kappa shape index (κ1) is 18.3. The molecule has 0 fully saturated rings. The standard InChI is InChI=1S/C21H16BrFN4O/c1-10-3-4-13(7-11(10)2)19-18-17(12-5-6-16(23)15(22)8-12)14(9-24)20(25)28-21(18)27-26-19/h3-8,17H,25H2,1-2H3,(H,26,27)/t17-/m0/s1. The fraction of sp³-hybridized carbons (Fsp3) is 0.143. The number of nitrogens with zero attached hydrogens (tertiary/aromatic N) is 2. The first-order chi connectivity index (χ1) is 13.4. The summed E-state index contributed by atoms with van der Waals surface area (Å²) < 4.78 is 19.7. The summed E-state index contributed by atoms with van der Waals surface area (Å²) in [6.45, 7) is 4.08. The molecular formula is C21H16BrFN4O. The number of halogens is 2. The van der Waals surface area contributed by atoms with Crippen molar-refractivity contribution in [2.24, 2.45) is 5.73 Å². The number of nitrogens with two attached hydrogens (primary N) is 1. The minimum Gasteiger partial charge on any atom is -0.420 e. The number of nitrogens with one attached hydrogen (secondary N) is 1. The molecule has 2 aromatic carbocycles. The average molecular weight is 439 g/mol. The highest BCUT2D eigenvalue weighted by molar-refractivity contribution is 9.10. The van der Waals surface area contributed by atoms with Crippen molar-refractivity contribution in [3.8, 4) is 23.2 Å². The molecule has 28 heavy (non-hydrogen) atoms. The van der Waals surface area contributed by atoms with Crippen LogP contribution in [0.4, 0.5) is 4.39 Å². The first-order valence-electron chi connectivity index (χ1n) is 8.59. The monoisotopic (exact) mass is 438 g/mol. The predicted molar refractivity (Wildman–Crippen MR) is 107 cm³/mol. The highest BCUT2D eigenvalue weighted by Gasteiger charge is 2.35. The van der Waals surface area contributed by atoms with Crippen LogP contribution in [0.5, 0.6) is 5.88 Å². The van der Waals surface area contributed by atoms with Gasteiger partial charge in [0.1, 0.15) is 17.5 Å². The van der Waals surface area contributed by atoms with E-state index in [0.717, 1.165) is 16.8 Å². The van der Waals surface area contributed by atoms with E-state index in [4.69, 9.17) is 10.5 Å². The van der Waals surface area contributed by atoms with Crippen molar-refractivity contribution in [2.45, 2.75) is 19.8 Å². The zero-order valence-electron chi connectivity index (χ0n) is 15.2. The largest absolute Gasteiger partial charge is 0.420 e. The maximum Gasteiger partial charge on any atom is 0.244 e. The van der Waals surface area contributed by atoms with Crippen LogP contribution in [-0.4, -0.2) is 10.2 Å². The lowest BCUT2D eigenvalue weighted by molar-refractivity contribution is 0.379. The maximum atomic E-state index is 13.8. The molecular weight excluding hydrogens is 423 g/mol. The maximum absolute atomic E-state index is 13.8. The molecule has 0 spiro atoms. The molecule has 1 atom stereocenters. The highest BCUT2D eigenvalue weighted by Crippen LogP contribution is 2.46. The van der Waals surface area contributed by atoms with Gasteiger partial charge in [0.05, 0.1) is 21.6 Å². The lowest BCUT2D eigenvalue weighted by atomic mass is 9.83. The van der Waals surface area contributed by atoms with Crippen molar-refractivity contribution in [3.63, 3.8) is 0 Å². The molecule has 5 nitrogen and oxygen atoms in total. The molecule has 3 aromatic rings. The Hall–Kier alpha value is -3.11. The van der Waals surface area contributed by atoms with Crippen molar-refractivity contribution >= 4 is 15.9 Å². The topological polar surface area (TPSA) is 87.7 Å². The molecule has 140 valence electrons. The number of benzene rings is 2.